The van der Waals surface area contributed by atoms with E-state index in [-0.39, 0.29) is 5.28 Å². The molecule has 0 amide bonds. The molecule has 0 saturated carbocycles. The number of aromatic nitrogens is 2. The van der Waals surface area contributed by atoms with Crippen molar-refractivity contribution in [3.8, 4) is 11.1 Å². The number of para-hydroxylation sites is 1. The second-order valence-electron chi connectivity index (χ2n) is 5.62. The van der Waals surface area contributed by atoms with Crippen LogP contribution in [0.4, 0.5) is 11.5 Å². The number of hydrogen-bond acceptors (Lipinski definition) is 4. The second kappa shape index (κ2) is 6.64. The van der Waals surface area contributed by atoms with Gasteiger partial charge in [0.25, 0.3) is 0 Å². The Kier molecular flexibility index (Phi) is 4.34. The van der Waals surface area contributed by atoms with Gasteiger partial charge in [-0.15, -0.1) is 11.3 Å². The van der Waals surface area contributed by atoms with Crippen molar-refractivity contribution in [2.24, 2.45) is 0 Å². The topological polar surface area (TPSA) is 37.8 Å². The van der Waals surface area contributed by atoms with E-state index in [2.05, 4.69) is 33.7 Å². The summed E-state index contributed by atoms with van der Waals surface area (Å²) >= 11 is 13.7. The third-order valence-electron chi connectivity index (χ3n) is 3.96. The molecule has 0 bridgehead atoms. The molecule has 0 unspecified atom stereocenters. The third kappa shape index (κ3) is 3.21. The molecule has 0 fully saturated rings. The number of nitrogens with one attached hydrogen (secondary N) is 1. The zero-order chi connectivity index (χ0) is 17.4. The second-order valence-corrected chi connectivity index (χ2v) is 7.25. The average Bonchev–Trinajstić information content (AvgIpc) is 3.01. The lowest BCUT2D eigenvalue weighted by Crippen LogP contribution is -1.98. The van der Waals surface area contributed by atoms with Crippen molar-refractivity contribution in [2.75, 3.05) is 5.32 Å². The fraction of sp³-hybridized carbons (Fsp3) is 0.0526. The number of aryl methyl sites for hydroxylation is 1. The monoisotopic (exact) mass is 385 g/mol. The van der Waals surface area contributed by atoms with Crippen molar-refractivity contribution in [3.63, 3.8) is 0 Å². The number of hydrogen-bond donors (Lipinski definition) is 1. The molecule has 25 heavy (non-hydrogen) atoms. The van der Waals surface area contributed by atoms with Crippen LogP contribution in [0.15, 0.2) is 53.9 Å². The Balaban J connectivity index is 1.89. The van der Waals surface area contributed by atoms with Gasteiger partial charge in [-0.25, -0.2) is 4.98 Å². The van der Waals surface area contributed by atoms with Gasteiger partial charge < -0.3 is 5.32 Å². The summed E-state index contributed by atoms with van der Waals surface area (Å²) in [6, 6.07) is 15.8. The highest BCUT2D eigenvalue weighted by Gasteiger charge is 2.15. The molecule has 6 heteroatoms. The van der Waals surface area contributed by atoms with Crippen LogP contribution in [0.3, 0.4) is 0 Å². The van der Waals surface area contributed by atoms with Crippen LogP contribution in [-0.4, -0.2) is 9.97 Å². The highest BCUT2D eigenvalue weighted by Crippen LogP contribution is 2.39. The predicted octanol–water partition coefficient (Wildman–Crippen LogP) is 6.72. The lowest BCUT2D eigenvalue weighted by molar-refractivity contribution is 1.23. The maximum absolute atomic E-state index is 6.13. The number of nitrogens with zero attached hydrogens (tertiary/aromatic N) is 2. The zero-order valence-electron chi connectivity index (χ0n) is 13.3. The van der Waals surface area contributed by atoms with Crippen LogP contribution in [-0.2, 0) is 0 Å². The number of benzene rings is 2. The van der Waals surface area contributed by atoms with Crippen LogP contribution in [0.1, 0.15) is 5.56 Å². The van der Waals surface area contributed by atoms with Crippen LogP contribution in [0.2, 0.25) is 10.3 Å². The van der Waals surface area contributed by atoms with E-state index in [1.807, 2.05) is 42.5 Å². The van der Waals surface area contributed by atoms with E-state index in [1.54, 1.807) is 11.3 Å². The Bertz CT molecular complexity index is 1060. The van der Waals surface area contributed by atoms with Crippen LogP contribution in [0.25, 0.3) is 21.3 Å². The summed E-state index contributed by atoms with van der Waals surface area (Å²) in [7, 11) is 0. The lowest BCUT2D eigenvalue weighted by Gasteiger charge is -2.11. The Morgan fingerprint density at radius 2 is 1.72 bits per heavy atom. The number of halogens is 2. The Labute approximate surface area is 159 Å². The quantitative estimate of drug-likeness (QED) is 0.397. The number of anilines is 2. The minimum absolute atomic E-state index is 0.230. The van der Waals surface area contributed by atoms with Gasteiger partial charge >= 0.3 is 0 Å². The maximum Gasteiger partial charge on any atom is 0.225 e. The van der Waals surface area contributed by atoms with E-state index < -0.39 is 0 Å². The van der Waals surface area contributed by atoms with Crippen molar-refractivity contribution in [3.05, 3.63) is 69.8 Å². The van der Waals surface area contributed by atoms with Gasteiger partial charge in [-0.05, 0) is 47.9 Å². The van der Waals surface area contributed by atoms with Gasteiger partial charge in [0.1, 0.15) is 10.6 Å². The predicted molar refractivity (Wildman–Crippen MR) is 107 cm³/mol. The minimum atomic E-state index is 0.230. The molecule has 0 atom stereocenters. The van der Waals surface area contributed by atoms with Gasteiger partial charge in [0.05, 0.1) is 5.39 Å². The molecule has 0 radical (unpaired) electrons. The summed E-state index contributed by atoms with van der Waals surface area (Å²) in [5.74, 6) is 0.704. The summed E-state index contributed by atoms with van der Waals surface area (Å²) in [6.45, 7) is 2.05. The molecule has 0 aliphatic rings. The van der Waals surface area contributed by atoms with Crippen molar-refractivity contribution >= 4 is 56.3 Å². The molecule has 2 heterocycles. The molecule has 4 rings (SSSR count). The molecule has 0 saturated heterocycles. The number of rotatable bonds is 3. The van der Waals surface area contributed by atoms with Gasteiger partial charge in [-0.3, -0.25) is 0 Å². The van der Waals surface area contributed by atoms with Crippen LogP contribution in [0, 0.1) is 6.92 Å². The van der Waals surface area contributed by atoms with E-state index in [0.29, 0.717) is 10.8 Å². The van der Waals surface area contributed by atoms with E-state index in [4.69, 9.17) is 23.2 Å². The fourth-order valence-corrected chi connectivity index (χ4v) is 3.98. The van der Waals surface area contributed by atoms with Crippen LogP contribution < -0.4 is 5.32 Å². The van der Waals surface area contributed by atoms with Crippen LogP contribution in [0.5, 0.6) is 0 Å². The first-order chi connectivity index (χ1) is 12.1. The molecule has 1 N–H and O–H groups in total. The highest BCUT2D eigenvalue weighted by atomic mass is 35.5. The van der Waals surface area contributed by atoms with Gasteiger partial charge in [0, 0.05) is 21.7 Å². The van der Waals surface area contributed by atoms with E-state index in [1.165, 1.54) is 0 Å². The SMILES string of the molecule is Cc1ccccc1Nc1nc(Cl)nc2scc(-c3ccc(Cl)cc3)c12. The van der Waals surface area contributed by atoms with E-state index in [9.17, 15) is 0 Å². The summed E-state index contributed by atoms with van der Waals surface area (Å²) in [4.78, 5) is 9.66. The largest absolute Gasteiger partial charge is 0.339 e. The standard InChI is InChI=1S/C19H13Cl2N3S/c1-11-4-2-3-5-15(11)22-17-16-14(12-6-8-13(20)9-7-12)10-25-18(16)24-19(21)23-17/h2-10H,1H3,(H,22,23,24). The molecule has 2 aromatic heterocycles. The molecule has 2 aromatic carbocycles. The van der Waals surface area contributed by atoms with Crippen molar-refractivity contribution in [2.45, 2.75) is 6.92 Å². The van der Waals surface area contributed by atoms with E-state index in [0.717, 1.165) is 32.6 Å². The van der Waals surface area contributed by atoms with Gasteiger partial charge in [-0.2, -0.15) is 4.98 Å². The Hall–Kier alpha value is -2.14. The Morgan fingerprint density at radius 1 is 0.960 bits per heavy atom. The maximum atomic E-state index is 6.13. The molecule has 4 aromatic rings. The first-order valence-electron chi connectivity index (χ1n) is 7.65. The smallest absolute Gasteiger partial charge is 0.225 e. The molecule has 0 aliphatic carbocycles. The first kappa shape index (κ1) is 16.3. The molecular weight excluding hydrogens is 373 g/mol. The minimum Gasteiger partial charge on any atom is -0.339 e. The normalized spacial score (nSPS) is 11.0. The van der Waals surface area contributed by atoms with E-state index >= 15 is 0 Å². The molecule has 0 aliphatic heterocycles. The number of fused-ring (bicyclic) bond motifs is 1. The van der Waals surface area contributed by atoms with Crippen molar-refractivity contribution < 1.29 is 0 Å². The Morgan fingerprint density at radius 3 is 2.48 bits per heavy atom. The molecular formula is C19H13Cl2N3S. The highest BCUT2D eigenvalue weighted by molar-refractivity contribution is 7.17. The third-order valence-corrected chi connectivity index (χ3v) is 5.25. The van der Waals surface area contributed by atoms with Gasteiger partial charge in [-0.1, -0.05) is 41.9 Å². The zero-order valence-corrected chi connectivity index (χ0v) is 15.6. The van der Waals surface area contributed by atoms with Crippen molar-refractivity contribution in [1.29, 1.82) is 0 Å². The molecule has 3 nitrogen and oxygen atoms in total. The molecule has 0 spiro atoms. The fourth-order valence-electron chi connectivity index (χ4n) is 2.69. The molecule has 124 valence electrons. The van der Waals surface area contributed by atoms with Gasteiger partial charge in [0.15, 0.2) is 0 Å². The summed E-state index contributed by atoms with van der Waals surface area (Å²) in [6.07, 6.45) is 0. The number of thiophene rings is 1. The first-order valence-corrected chi connectivity index (χ1v) is 9.29. The summed E-state index contributed by atoms with van der Waals surface area (Å²) in [5, 5.41) is 7.38. The summed E-state index contributed by atoms with van der Waals surface area (Å²) in [5.41, 5.74) is 4.25. The average molecular weight is 386 g/mol. The van der Waals surface area contributed by atoms with Gasteiger partial charge in [0.2, 0.25) is 5.28 Å². The van der Waals surface area contributed by atoms with Crippen LogP contribution >= 0.6 is 34.5 Å². The summed E-state index contributed by atoms with van der Waals surface area (Å²) < 4.78 is 0. The van der Waals surface area contributed by atoms with Crippen molar-refractivity contribution in [1.82, 2.24) is 9.97 Å². The lowest BCUT2D eigenvalue weighted by atomic mass is 10.1.